The van der Waals surface area contributed by atoms with Gasteiger partial charge in [0.25, 0.3) is 0 Å². The molecule has 0 fully saturated rings. The summed E-state index contributed by atoms with van der Waals surface area (Å²) in [6.45, 7) is 1.54. The minimum absolute atomic E-state index is 0.00758. The van der Waals surface area contributed by atoms with E-state index in [4.69, 9.17) is 11.5 Å². The zero-order valence-corrected chi connectivity index (χ0v) is 32.0. The second kappa shape index (κ2) is 21.9. The predicted molar refractivity (Wildman–Crippen MR) is 211 cm³/mol. The molecule has 0 saturated heterocycles. The molecule has 0 unspecified atom stereocenters. The van der Waals surface area contributed by atoms with Gasteiger partial charge in [0.2, 0.25) is 29.5 Å². The number of aromatic hydroxyl groups is 1. The third-order valence-corrected chi connectivity index (χ3v) is 9.47. The number of fused-ring (bicyclic) bond motifs is 1. The van der Waals surface area contributed by atoms with Gasteiger partial charge in [-0.05, 0) is 62.1 Å². The van der Waals surface area contributed by atoms with Crippen molar-refractivity contribution in [2.75, 3.05) is 18.1 Å². The second-order valence-corrected chi connectivity index (χ2v) is 13.7. The van der Waals surface area contributed by atoms with E-state index in [0.717, 1.165) is 10.9 Å². The van der Waals surface area contributed by atoms with Gasteiger partial charge < -0.3 is 58.4 Å². The molecule has 300 valence electrons. The smallest absolute Gasteiger partial charge is 0.327 e. The molecular weight excluding hydrogens is 753 g/mol. The van der Waals surface area contributed by atoms with E-state index in [1.165, 1.54) is 31.2 Å². The Hall–Kier alpha value is -4.82. The van der Waals surface area contributed by atoms with E-state index in [0.29, 0.717) is 24.0 Å². The minimum Gasteiger partial charge on any atom is -0.508 e. The van der Waals surface area contributed by atoms with Crippen molar-refractivity contribution in [3.63, 3.8) is 0 Å². The third kappa shape index (κ3) is 13.5. The van der Waals surface area contributed by atoms with Crippen LogP contribution in [-0.2, 0) is 41.6 Å². The number of carboxylic acids is 1. The molecule has 7 atom stereocenters. The third-order valence-electron chi connectivity index (χ3n) is 8.71. The van der Waals surface area contributed by atoms with Crippen LogP contribution >= 0.6 is 25.3 Å². The second-order valence-electron chi connectivity index (χ2n) is 13.0. The maximum atomic E-state index is 13.8. The van der Waals surface area contributed by atoms with Gasteiger partial charge in [-0.2, -0.15) is 25.3 Å². The van der Waals surface area contributed by atoms with Crippen molar-refractivity contribution < 1.29 is 44.1 Å². The fourth-order valence-electron chi connectivity index (χ4n) is 5.58. The Kier molecular flexibility index (Phi) is 17.8. The lowest BCUT2D eigenvalue weighted by Gasteiger charge is -2.28. The molecule has 2 aromatic carbocycles. The molecule has 0 saturated carbocycles. The Morgan fingerprint density at radius 1 is 0.745 bits per heavy atom. The summed E-state index contributed by atoms with van der Waals surface area (Å²) >= 11 is 8.05. The lowest BCUT2D eigenvalue weighted by Crippen LogP contribution is -2.61. The highest BCUT2D eigenvalue weighted by Gasteiger charge is 2.34. The molecule has 13 N–H and O–H groups in total. The topological polar surface area (TPSA) is 291 Å². The fourth-order valence-corrected chi connectivity index (χ4v) is 5.99. The number of carbonyl (C=O) groups is 6. The van der Waals surface area contributed by atoms with E-state index in [9.17, 15) is 44.1 Å². The number of unbranched alkanes of at least 4 members (excludes halogenated alkanes) is 1. The number of H-pyrrole nitrogens is 1. The molecule has 3 rings (SSSR count). The maximum Gasteiger partial charge on any atom is 0.327 e. The summed E-state index contributed by atoms with van der Waals surface area (Å²) in [6, 6.07) is 5.21. The number of rotatable bonds is 22. The van der Waals surface area contributed by atoms with Crippen molar-refractivity contribution >= 4 is 71.7 Å². The maximum absolute atomic E-state index is 13.8. The van der Waals surface area contributed by atoms with Crippen LogP contribution in [0.25, 0.3) is 10.9 Å². The molecule has 0 bridgehead atoms. The zero-order valence-electron chi connectivity index (χ0n) is 30.2. The summed E-state index contributed by atoms with van der Waals surface area (Å²) in [7, 11) is 0. The Labute approximate surface area is 328 Å². The Morgan fingerprint density at radius 2 is 1.33 bits per heavy atom. The molecule has 0 radical (unpaired) electrons. The van der Waals surface area contributed by atoms with E-state index in [1.807, 2.05) is 24.3 Å². The standard InChI is InChI=1S/C36H50N8O9S2/c1-19(45)30(44-34(50)28(41-31(47)24(38)17-54)15-21-16-39-25-7-3-2-6-23(21)25)35(51)40-26(8-4-5-13-37)32(48)42-27(14-20-9-11-22(46)12-10-20)33(49)43-29(18-55)36(52)53/h2-3,6-7,9-12,16,19,24,26-30,39,45-46,54-55H,4-5,8,13-15,17-18,37-38H2,1H3,(H,40,51)(H,41,47)(H,42,48)(H,43,49)(H,44,50)(H,52,53)/t19-,24+,26+,27+,28-,29+,30+/m1/s1. The summed E-state index contributed by atoms with van der Waals surface area (Å²) in [6.07, 6.45) is 0.946. The number of aliphatic carboxylic acids is 1. The number of hydrogen-bond acceptors (Lipinski definition) is 12. The first-order valence-corrected chi connectivity index (χ1v) is 18.9. The number of nitrogens with one attached hydrogen (secondary N) is 6. The Morgan fingerprint density at radius 3 is 1.95 bits per heavy atom. The van der Waals surface area contributed by atoms with Gasteiger partial charge in [-0.1, -0.05) is 30.3 Å². The number of amides is 5. The highest BCUT2D eigenvalue weighted by molar-refractivity contribution is 7.80. The molecule has 0 aliphatic rings. The summed E-state index contributed by atoms with van der Waals surface area (Å²) in [5, 5.41) is 43.3. The van der Waals surface area contributed by atoms with Crippen LogP contribution in [0.4, 0.5) is 0 Å². The van der Waals surface area contributed by atoms with Crippen LogP contribution in [0, 0.1) is 0 Å². The van der Waals surface area contributed by atoms with Crippen molar-refractivity contribution in [3.05, 3.63) is 65.9 Å². The van der Waals surface area contributed by atoms with Crippen LogP contribution in [-0.4, -0.2) is 116 Å². The van der Waals surface area contributed by atoms with Crippen LogP contribution < -0.4 is 38.1 Å². The number of nitrogens with two attached hydrogens (primary N) is 2. The van der Waals surface area contributed by atoms with Gasteiger partial charge in [0.15, 0.2) is 0 Å². The van der Waals surface area contributed by atoms with Crippen LogP contribution in [0.2, 0.25) is 0 Å². The summed E-state index contributed by atoms with van der Waals surface area (Å²) in [5.41, 5.74) is 13.5. The van der Waals surface area contributed by atoms with E-state index < -0.39 is 77.9 Å². The molecule has 17 nitrogen and oxygen atoms in total. The normalized spacial score (nSPS) is 15.0. The summed E-state index contributed by atoms with van der Waals surface area (Å²) in [4.78, 5) is 82.3. The average Bonchev–Trinajstić information content (AvgIpc) is 3.57. The number of para-hydroxylation sites is 1. The lowest BCUT2D eigenvalue weighted by molar-refractivity contribution is -0.141. The van der Waals surface area contributed by atoms with E-state index in [-0.39, 0.29) is 43.1 Å². The number of thiol groups is 2. The number of benzene rings is 2. The van der Waals surface area contributed by atoms with Gasteiger partial charge in [-0.3, -0.25) is 24.0 Å². The summed E-state index contributed by atoms with van der Waals surface area (Å²) < 4.78 is 0. The molecular formula is C36H50N8O9S2. The zero-order chi connectivity index (χ0) is 40.7. The minimum atomic E-state index is -1.61. The molecule has 55 heavy (non-hydrogen) atoms. The molecule has 0 aliphatic heterocycles. The largest absolute Gasteiger partial charge is 0.508 e. The van der Waals surface area contributed by atoms with Crippen molar-refractivity contribution in [2.45, 2.75) is 81.4 Å². The molecule has 1 heterocycles. The van der Waals surface area contributed by atoms with Gasteiger partial charge in [-0.25, -0.2) is 4.79 Å². The van der Waals surface area contributed by atoms with Gasteiger partial charge in [0, 0.05) is 41.4 Å². The van der Waals surface area contributed by atoms with Gasteiger partial charge in [-0.15, -0.1) is 0 Å². The molecule has 5 amide bonds. The first kappa shape index (κ1) is 44.6. The Bertz CT molecular complexity index is 1780. The highest BCUT2D eigenvalue weighted by atomic mass is 32.1. The van der Waals surface area contributed by atoms with E-state index >= 15 is 0 Å². The Balaban J connectivity index is 1.86. The van der Waals surface area contributed by atoms with E-state index in [2.05, 4.69) is 56.8 Å². The van der Waals surface area contributed by atoms with Crippen molar-refractivity contribution in [1.29, 1.82) is 0 Å². The van der Waals surface area contributed by atoms with Crippen LogP contribution in [0.5, 0.6) is 5.75 Å². The first-order valence-electron chi connectivity index (χ1n) is 17.6. The first-order chi connectivity index (χ1) is 26.2. The van der Waals surface area contributed by atoms with Crippen molar-refractivity contribution in [1.82, 2.24) is 31.6 Å². The quantitative estimate of drug-likeness (QED) is 0.0426. The van der Waals surface area contributed by atoms with Crippen molar-refractivity contribution in [3.8, 4) is 5.75 Å². The summed E-state index contributed by atoms with van der Waals surface area (Å²) in [5.74, 6) is -5.72. The average molecular weight is 803 g/mol. The fraction of sp³-hybridized carbons (Fsp3) is 0.444. The highest BCUT2D eigenvalue weighted by Crippen LogP contribution is 2.20. The molecule has 19 heteroatoms. The number of carboxylic acid groups (broad SMARTS) is 1. The van der Waals surface area contributed by atoms with Gasteiger partial charge >= 0.3 is 5.97 Å². The number of aliphatic hydroxyl groups is 1. The van der Waals surface area contributed by atoms with Crippen molar-refractivity contribution in [2.24, 2.45) is 11.5 Å². The van der Waals surface area contributed by atoms with Crippen LogP contribution in [0.3, 0.4) is 0 Å². The number of phenolic OH excluding ortho intramolecular Hbond substituents is 1. The number of hydrogen-bond donors (Lipinski definition) is 13. The molecule has 3 aromatic rings. The van der Waals surface area contributed by atoms with Crippen LogP contribution in [0.15, 0.2) is 54.7 Å². The number of aromatic nitrogens is 1. The number of carbonyl (C=O) groups excluding carboxylic acids is 5. The molecule has 0 aliphatic carbocycles. The SMILES string of the molecule is C[C@@H](O)[C@H](NC(=O)[C@@H](Cc1c[nH]c2ccccc12)NC(=O)[C@@H](N)CS)C(=O)N[C@@H](CCCCN)C(=O)N[C@@H](Cc1ccc(O)cc1)C(=O)N[C@@H](CS)C(=O)O. The lowest BCUT2D eigenvalue weighted by atomic mass is 10.0. The molecule has 0 spiro atoms. The van der Waals surface area contributed by atoms with Gasteiger partial charge in [0.1, 0.15) is 36.0 Å². The monoisotopic (exact) mass is 802 g/mol. The predicted octanol–water partition coefficient (Wildman–Crippen LogP) is -1.14. The number of aliphatic hydroxyl groups excluding tert-OH is 1. The number of aromatic amines is 1. The molecule has 1 aromatic heterocycles. The van der Waals surface area contributed by atoms with E-state index in [1.54, 1.807) is 6.20 Å². The van der Waals surface area contributed by atoms with Crippen LogP contribution in [0.1, 0.15) is 37.3 Å². The van der Waals surface area contributed by atoms with Gasteiger partial charge in [0.05, 0.1) is 12.1 Å². The number of phenols is 1.